The van der Waals surface area contributed by atoms with Crippen LogP contribution in [-0.2, 0) is 4.79 Å². The lowest BCUT2D eigenvalue weighted by Gasteiger charge is -2.35. The van der Waals surface area contributed by atoms with Crippen LogP contribution in [0.5, 0.6) is 28.7 Å². The molecule has 3 aromatic rings. The molecule has 37 heavy (non-hydrogen) atoms. The van der Waals surface area contributed by atoms with Crippen LogP contribution in [0.2, 0.25) is 0 Å². The number of ether oxygens (including phenoxy) is 5. The number of aromatic amines is 2. The first kappa shape index (κ1) is 24.4. The van der Waals surface area contributed by atoms with Gasteiger partial charge >= 0.3 is 0 Å². The largest absolute Gasteiger partial charge is 0.493 e. The van der Waals surface area contributed by atoms with Crippen LogP contribution in [0.4, 0.5) is 5.82 Å². The van der Waals surface area contributed by atoms with Gasteiger partial charge in [-0.25, -0.2) is 0 Å². The predicted molar refractivity (Wildman–Crippen MR) is 137 cm³/mol. The van der Waals surface area contributed by atoms with Crippen LogP contribution < -0.4 is 34.6 Å². The number of fused-ring (bicyclic) bond motifs is 1. The van der Waals surface area contributed by atoms with Gasteiger partial charge in [0.2, 0.25) is 5.75 Å². The third kappa shape index (κ3) is 3.98. The van der Waals surface area contributed by atoms with Crippen LogP contribution >= 0.6 is 0 Å². The lowest BCUT2D eigenvalue weighted by Crippen LogP contribution is -2.31. The highest BCUT2D eigenvalue weighted by Gasteiger charge is 2.41. The molecule has 0 spiro atoms. The van der Waals surface area contributed by atoms with Crippen molar-refractivity contribution in [1.29, 1.82) is 0 Å². The van der Waals surface area contributed by atoms with E-state index in [0.717, 1.165) is 11.3 Å². The summed E-state index contributed by atoms with van der Waals surface area (Å²) >= 11 is 0. The van der Waals surface area contributed by atoms with Gasteiger partial charge in [0.1, 0.15) is 5.82 Å². The van der Waals surface area contributed by atoms with E-state index in [1.165, 1.54) is 21.3 Å². The maximum atomic E-state index is 13.8. The molecule has 1 aliphatic heterocycles. The van der Waals surface area contributed by atoms with Crippen molar-refractivity contribution in [3.63, 3.8) is 0 Å². The number of ketones is 1. The fourth-order valence-corrected chi connectivity index (χ4v) is 5.36. The van der Waals surface area contributed by atoms with Crippen LogP contribution in [0.3, 0.4) is 0 Å². The number of aromatic nitrogens is 2. The van der Waals surface area contributed by atoms with Gasteiger partial charge in [-0.05, 0) is 47.7 Å². The first-order valence-electron chi connectivity index (χ1n) is 11.8. The lowest BCUT2D eigenvalue weighted by atomic mass is 9.72. The zero-order chi connectivity index (χ0) is 26.3. The molecule has 2 heterocycles. The van der Waals surface area contributed by atoms with Crippen molar-refractivity contribution in [3.8, 4) is 28.7 Å². The normalized spacial score (nSPS) is 18.5. The molecule has 5 rings (SSSR count). The van der Waals surface area contributed by atoms with Crippen molar-refractivity contribution in [3.05, 3.63) is 68.6 Å². The second kappa shape index (κ2) is 9.61. The van der Waals surface area contributed by atoms with E-state index in [9.17, 15) is 9.59 Å². The lowest BCUT2D eigenvalue weighted by molar-refractivity contribution is -0.116. The Hall–Kier alpha value is -4.34. The highest BCUT2D eigenvalue weighted by molar-refractivity contribution is 6.01. The van der Waals surface area contributed by atoms with Crippen LogP contribution in [0.25, 0.3) is 0 Å². The van der Waals surface area contributed by atoms with Crippen LogP contribution in [0.15, 0.2) is 46.4 Å². The second-order valence-corrected chi connectivity index (χ2v) is 8.92. The summed E-state index contributed by atoms with van der Waals surface area (Å²) in [6.07, 6.45) is 0.860. The molecule has 1 aliphatic carbocycles. The molecular formula is C27H29N3O7. The summed E-state index contributed by atoms with van der Waals surface area (Å²) in [5, 5.41) is 8.89. The Bertz CT molecular complexity index is 1430. The molecule has 2 atom stereocenters. The Morgan fingerprint density at radius 2 is 1.38 bits per heavy atom. The molecule has 2 unspecified atom stereocenters. The molecule has 1 aromatic heterocycles. The Morgan fingerprint density at radius 3 is 2.00 bits per heavy atom. The number of carbonyl (C=O) groups excluding carboxylic acids is 1. The molecule has 10 heteroatoms. The molecule has 0 bridgehead atoms. The number of methoxy groups -OCH3 is 5. The Labute approximate surface area is 213 Å². The van der Waals surface area contributed by atoms with Crippen LogP contribution in [0, 0.1) is 0 Å². The van der Waals surface area contributed by atoms with E-state index in [1.54, 1.807) is 26.4 Å². The van der Waals surface area contributed by atoms with Gasteiger partial charge in [-0.3, -0.25) is 19.8 Å². The third-order valence-electron chi connectivity index (χ3n) is 7.08. The molecule has 0 fully saturated rings. The Kier molecular flexibility index (Phi) is 6.32. The molecule has 2 aliphatic rings. The van der Waals surface area contributed by atoms with E-state index in [4.69, 9.17) is 23.7 Å². The maximum absolute atomic E-state index is 13.8. The molecule has 0 saturated heterocycles. The average molecular weight is 508 g/mol. The van der Waals surface area contributed by atoms with Gasteiger partial charge in [-0.2, -0.15) is 0 Å². The van der Waals surface area contributed by atoms with E-state index in [0.29, 0.717) is 57.7 Å². The van der Waals surface area contributed by atoms with Crippen molar-refractivity contribution in [2.75, 3.05) is 40.9 Å². The highest BCUT2D eigenvalue weighted by Crippen LogP contribution is 2.49. The fraction of sp³-hybridized carbons (Fsp3) is 0.333. The Balaban J connectivity index is 1.63. The minimum atomic E-state index is -0.617. The van der Waals surface area contributed by atoms with Gasteiger partial charge in [-0.1, -0.05) is 6.07 Å². The number of anilines is 1. The van der Waals surface area contributed by atoms with Gasteiger partial charge in [-0.15, -0.1) is 0 Å². The van der Waals surface area contributed by atoms with Gasteiger partial charge < -0.3 is 29.0 Å². The number of hydrogen-bond acceptors (Lipinski definition) is 8. The number of carbonyl (C=O) groups is 1. The first-order valence-corrected chi connectivity index (χ1v) is 11.8. The minimum absolute atomic E-state index is 0.0430. The monoisotopic (exact) mass is 507 g/mol. The fourth-order valence-electron chi connectivity index (χ4n) is 5.36. The third-order valence-corrected chi connectivity index (χ3v) is 7.08. The molecule has 3 N–H and O–H groups in total. The summed E-state index contributed by atoms with van der Waals surface area (Å²) in [7, 11) is 7.76. The van der Waals surface area contributed by atoms with Crippen LogP contribution in [-0.4, -0.2) is 51.5 Å². The molecule has 10 nitrogen and oxygen atoms in total. The van der Waals surface area contributed by atoms with E-state index >= 15 is 0 Å². The van der Waals surface area contributed by atoms with E-state index in [2.05, 4.69) is 15.5 Å². The topological polar surface area (TPSA) is 124 Å². The molecule has 194 valence electrons. The number of Topliss-reactive ketones (excluding diaryl/α,β-unsaturated/α-hetero) is 1. The van der Waals surface area contributed by atoms with Gasteiger partial charge in [0.25, 0.3) is 5.56 Å². The maximum Gasteiger partial charge on any atom is 0.270 e. The van der Waals surface area contributed by atoms with Crippen LogP contribution in [0.1, 0.15) is 41.4 Å². The van der Waals surface area contributed by atoms with Crippen molar-refractivity contribution >= 4 is 11.6 Å². The van der Waals surface area contributed by atoms with E-state index < -0.39 is 5.92 Å². The molecule has 0 amide bonds. The second-order valence-electron chi connectivity index (χ2n) is 8.92. The number of allylic oxidation sites excluding steroid dienone is 2. The summed E-state index contributed by atoms with van der Waals surface area (Å²) in [6, 6.07) is 9.27. The summed E-state index contributed by atoms with van der Waals surface area (Å²) in [6.45, 7) is 0. The average Bonchev–Trinajstić information content (AvgIpc) is 3.30. The summed E-state index contributed by atoms with van der Waals surface area (Å²) in [4.78, 5) is 26.7. The summed E-state index contributed by atoms with van der Waals surface area (Å²) < 4.78 is 27.4. The Morgan fingerprint density at radius 1 is 0.730 bits per heavy atom. The zero-order valence-corrected chi connectivity index (χ0v) is 21.3. The van der Waals surface area contributed by atoms with E-state index in [-0.39, 0.29) is 23.7 Å². The predicted octanol–water partition coefficient (Wildman–Crippen LogP) is 3.70. The van der Waals surface area contributed by atoms with Crippen molar-refractivity contribution in [1.82, 2.24) is 10.2 Å². The van der Waals surface area contributed by atoms with Gasteiger partial charge in [0, 0.05) is 23.6 Å². The molecule has 2 aromatic carbocycles. The van der Waals surface area contributed by atoms with Gasteiger partial charge in [0.15, 0.2) is 28.8 Å². The molecular weight excluding hydrogens is 478 g/mol. The number of nitrogens with one attached hydrogen (secondary N) is 3. The summed E-state index contributed by atoms with van der Waals surface area (Å²) in [5.74, 6) is 2.35. The SMILES string of the molecule is COc1ccc(C2CC(=O)C3=C(C2)Nc2[nH][nH]c(=O)c2C3c2cc(OC)c(OC)c(OC)c2)cc1OC. The summed E-state index contributed by atoms with van der Waals surface area (Å²) in [5.41, 5.74) is 3.11. The number of benzene rings is 2. The highest BCUT2D eigenvalue weighted by atomic mass is 16.5. The molecule has 0 saturated carbocycles. The van der Waals surface area contributed by atoms with Crippen molar-refractivity contribution in [2.24, 2.45) is 0 Å². The first-order chi connectivity index (χ1) is 17.9. The molecule has 0 radical (unpaired) electrons. The standard InChI is InChI=1S/C27H29N3O7/c1-33-18-7-6-13(10-19(18)34-2)14-8-16-23(17(31)9-14)22(24-26(28-16)29-30-27(24)32)15-11-20(35-3)25(37-5)21(12-15)36-4/h6-7,10-12,14,22H,8-9H2,1-5H3,(H3,28,29,30,32). The zero-order valence-electron chi connectivity index (χ0n) is 21.3. The quantitative estimate of drug-likeness (QED) is 0.442. The number of rotatable bonds is 7. The van der Waals surface area contributed by atoms with Crippen molar-refractivity contribution < 1.29 is 28.5 Å². The minimum Gasteiger partial charge on any atom is -0.493 e. The van der Waals surface area contributed by atoms with E-state index in [1.807, 2.05) is 18.2 Å². The number of H-pyrrole nitrogens is 2. The number of hydrogen-bond donors (Lipinski definition) is 3. The van der Waals surface area contributed by atoms with Gasteiger partial charge in [0.05, 0.1) is 41.1 Å². The smallest absolute Gasteiger partial charge is 0.270 e. The van der Waals surface area contributed by atoms with Crippen molar-refractivity contribution in [2.45, 2.75) is 24.7 Å².